The fourth-order valence-electron chi connectivity index (χ4n) is 3.31. The maximum absolute atomic E-state index is 13.5. The van der Waals surface area contributed by atoms with Gasteiger partial charge in [0.05, 0.1) is 7.11 Å². The second-order valence-corrected chi connectivity index (χ2v) is 9.42. The van der Waals surface area contributed by atoms with E-state index in [1.165, 1.54) is 53.7 Å². The Morgan fingerprint density at radius 1 is 0.906 bits per heavy atom. The quantitative estimate of drug-likeness (QED) is 0.515. The summed E-state index contributed by atoms with van der Waals surface area (Å²) < 4.78 is 46.5. The number of hydrogen-bond donors (Lipinski definition) is 0. The second-order valence-electron chi connectivity index (χ2n) is 7.40. The van der Waals surface area contributed by atoms with Crippen LogP contribution in [0.25, 0.3) is 0 Å². The summed E-state index contributed by atoms with van der Waals surface area (Å²) in [5.41, 5.74) is 1.65. The summed E-state index contributed by atoms with van der Waals surface area (Å²) in [4.78, 5) is 14.3. The minimum Gasteiger partial charge on any atom is -0.495 e. The van der Waals surface area contributed by atoms with E-state index < -0.39 is 10.0 Å². The largest absolute Gasteiger partial charge is 0.495 e. The number of nitrogens with zero attached hydrogens (tertiary/aromatic N) is 2. The molecule has 1 amide bonds. The molecule has 3 aromatic rings. The predicted molar refractivity (Wildman–Crippen MR) is 120 cm³/mol. The lowest BCUT2D eigenvalue weighted by Crippen LogP contribution is -2.28. The monoisotopic (exact) mass is 456 g/mol. The highest BCUT2D eigenvalue weighted by molar-refractivity contribution is 7.89. The highest BCUT2D eigenvalue weighted by atomic mass is 32.2. The van der Waals surface area contributed by atoms with Gasteiger partial charge in [0.2, 0.25) is 10.0 Å². The Morgan fingerprint density at radius 2 is 1.59 bits per heavy atom. The molecule has 0 saturated carbocycles. The fraction of sp³-hybridized carbons (Fsp3) is 0.208. The molecule has 6 nitrogen and oxygen atoms in total. The van der Waals surface area contributed by atoms with Crippen molar-refractivity contribution in [2.75, 3.05) is 21.2 Å². The summed E-state index contributed by atoms with van der Waals surface area (Å²) in [6.45, 7) is 0.350. The molecule has 0 aliphatic carbocycles. The van der Waals surface area contributed by atoms with Gasteiger partial charge in [-0.3, -0.25) is 4.79 Å². The third kappa shape index (κ3) is 5.33. The van der Waals surface area contributed by atoms with Gasteiger partial charge in [-0.2, -0.15) is 4.31 Å². The van der Waals surface area contributed by atoms with E-state index in [9.17, 15) is 17.6 Å². The number of halogens is 1. The molecule has 168 valence electrons. The van der Waals surface area contributed by atoms with Crippen LogP contribution in [-0.4, -0.2) is 44.7 Å². The molecule has 0 atom stereocenters. The molecule has 0 spiro atoms. The molecule has 0 aliphatic heterocycles. The summed E-state index contributed by atoms with van der Waals surface area (Å²) in [5, 5.41) is 0. The van der Waals surface area contributed by atoms with Crippen LogP contribution in [0.5, 0.6) is 5.75 Å². The number of benzene rings is 3. The molecule has 32 heavy (non-hydrogen) atoms. The Bertz CT molecular complexity index is 1200. The molecule has 0 radical (unpaired) electrons. The SMILES string of the molecule is COc1ccc(C(=O)N(C)Cc2cccc(F)c2)cc1S(=O)(=O)N(C)Cc1ccccc1. The van der Waals surface area contributed by atoms with Crippen molar-refractivity contribution in [2.45, 2.75) is 18.0 Å². The summed E-state index contributed by atoms with van der Waals surface area (Å²) in [6.07, 6.45) is 0. The Labute approximate surface area is 187 Å². The zero-order valence-corrected chi connectivity index (χ0v) is 19.0. The smallest absolute Gasteiger partial charge is 0.253 e. The van der Waals surface area contributed by atoms with Gasteiger partial charge in [-0.15, -0.1) is 0 Å². The zero-order chi connectivity index (χ0) is 23.3. The maximum Gasteiger partial charge on any atom is 0.253 e. The number of sulfonamides is 1. The maximum atomic E-state index is 13.5. The molecular weight excluding hydrogens is 431 g/mol. The van der Waals surface area contributed by atoms with Crippen molar-refractivity contribution in [2.24, 2.45) is 0 Å². The van der Waals surface area contributed by atoms with Gasteiger partial charge in [-0.25, -0.2) is 12.8 Å². The van der Waals surface area contributed by atoms with Crippen LogP contribution in [0.4, 0.5) is 4.39 Å². The number of hydrogen-bond acceptors (Lipinski definition) is 4. The van der Waals surface area contributed by atoms with Crippen LogP contribution in [0.1, 0.15) is 21.5 Å². The molecule has 0 aromatic heterocycles. The van der Waals surface area contributed by atoms with Crippen LogP contribution < -0.4 is 4.74 Å². The van der Waals surface area contributed by atoms with Crippen LogP contribution in [0.2, 0.25) is 0 Å². The number of carbonyl (C=O) groups is 1. The van der Waals surface area contributed by atoms with Crippen molar-refractivity contribution in [3.63, 3.8) is 0 Å². The minimum absolute atomic E-state index is 0.0940. The van der Waals surface area contributed by atoms with Gasteiger partial charge < -0.3 is 9.64 Å². The molecule has 8 heteroatoms. The van der Waals surface area contributed by atoms with Crippen LogP contribution in [0.3, 0.4) is 0 Å². The number of amides is 1. The first-order valence-corrected chi connectivity index (χ1v) is 11.3. The van der Waals surface area contributed by atoms with Gasteiger partial charge in [0.1, 0.15) is 16.5 Å². The van der Waals surface area contributed by atoms with Crippen LogP contribution in [-0.2, 0) is 23.1 Å². The van der Waals surface area contributed by atoms with Crippen molar-refractivity contribution in [1.29, 1.82) is 0 Å². The van der Waals surface area contributed by atoms with Crippen LogP contribution in [0, 0.1) is 5.82 Å². The van der Waals surface area contributed by atoms with Gasteiger partial charge in [0, 0.05) is 32.7 Å². The molecule has 0 saturated heterocycles. The lowest BCUT2D eigenvalue weighted by molar-refractivity contribution is 0.0784. The second kappa shape index (κ2) is 9.93. The van der Waals surface area contributed by atoms with Gasteiger partial charge in [-0.1, -0.05) is 42.5 Å². The lowest BCUT2D eigenvalue weighted by atomic mass is 10.1. The van der Waals surface area contributed by atoms with E-state index in [4.69, 9.17) is 4.74 Å². The Hall–Kier alpha value is -3.23. The molecule has 0 aliphatic rings. The first kappa shape index (κ1) is 23.4. The van der Waals surface area contributed by atoms with Gasteiger partial charge in [0.25, 0.3) is 5.91 Å². The van der Waals surface area contributed by atoms with Gasteiger partial charge in [-0.05, 0) is 41.5 Å². The molecule has 0 N–H and O–H groups in total. The van der Waals surface area contributed by atoms with Crippen molar-refractivity contribution < 1.29 is 22.3 Å². The van der Waals surface area contributed by atoms with E-state index in [1.807, 2.05) is 30.3 Å². The molecule has 3 aromatic carbocycles. The zero-order valence-electron chi connectivity index (χ0n) is 18.2. The number of methoxy groups -OCH3 is 1. The van der Waals surface area contributed by atoms with Crippen LogP contribution in [0.15, 0.2) is 77.7 Å². The lowest BCUT2D eigenvalue weighted by Gasteiger charge is -2.21. The highest BCUT2D eigenvalue weighted by Gasteiger charge is 2.27. The first-order chi connectivity index (χ1) is 15.2. The standard InChI is InChI=1S/C24H25FN2O4S/c1-26(16-19-10-7-11-21(25)14-19)24(28)20-12-13-22(31-3)23(15-20)32(29,30)27(2)17-18-8-5-4-6-9-18/h4-15H,16-17H2,1-3H3. The molecule has 3 rings (SSSR count). The Morgan fingerprint density at radius 3 is 2.25 bits per heavy atom. The van der Waals surface area contributed by atoms with E-state index >= 15 is 0 Å². The first-order valence-electron chi connectivity index (χ1n) is 9.90. The molecule has 0 fully saturated rings. The van der Waals surface area contributed by atoms with E-state index in [-0.39, 0.29) is 41.0 Å². The van der Waals surface area contributed by atoms with E-state index in [1.54, 1.807) is 19.2 Å². The van der Waals surface area contributed by atoms with Crippen molar-refractivity contribution >= 4 is 15.9 Å². The highest BCUT2D eigenvalue weighted by Crippen LogP contribution is 2.28. The molecule has 0 bridgehead atoms. The summed E-state index contributed by atoms with van der Waals surface area (Å²) >= 11 is 0. The topological polar surface area (TPSA) is 66.9 Å². The van der Waals surface area contributed by atoms with Gasteiger partial charge in [0.15, 0.2) is 0 Å². The average Bonchev–Trinajstić information content (AvgIpc) is 2.78. The Kier molecular flexibility index (Phi) is 7.27. The molecule has 0 heterocycles. The fourth-order valence-corrected chi connectivity index (χ4v) is 4.64. The number of ether oxygens (including phenoxy) is 1. The van der Waals surface area contributed by atoms with Crippen LogP contribution >= 0.6 is 0 Å². The number of rotatable bonds is 8. The summed E-state index contributed by atoms with van der Waals surface area (Å²) in [5.74, 6) is -0.629. The van der Waals surface area contributed by atoms with Crippen molar-refractivity contribution in [3.05, 3.63) is 95.3 Å². The third-order valence-corrected chi connectivity index (χ3v) is 6.83. The van der Waals surface area contributed by atoms with E-state index in [2.05, 4.69) is 0 Å². The van der Waals surface area contributed by atoms with Crippen molar-refractivity contribution in [3.8, 4) is 5.75 Å². The summed E-state index contributed by atoms with van der Waals surface area (Å²) in [7, 11) is 0.495. The van der Waals surface area contributed by atoms with Gasteiger partial charge >= 0.3 is 0 Å². The van der Waals surface area contributed by atoms with Crippen molar-refractivity contribution in [1.82, 2.24) is 9.21 Å². The number of carbonyl (C=O) groups excluding carboxylic acids is 1. The average molecular weight is 457 g/mol. The predicted octanol–water partition coefficient (Wildman–Crippen LogP) is 3.93. The normalized spacial score (nSPS) is 11.4. The molecular formula is C24H25FN2O4S. The Balaban J connectivity index is 1.87. The summed E-state index contributed by atoms with van der Waals surface area (Å²) in [6, 6.07) is 19.5. The van der Waals surface area contributed by atoms with E-state index in [0.717, 1.165) is 5.56 Å². The minimum atomic E-state index is -3.94. The third-order valence-electron chi connectivity index (χ3n) is 5.00. The molecule has 0 unspecified atom stereocenters. The van der Waals surface area contributed by atoms with E-state index in [0.29, 0.717) is 5.56 Å².